The van der Waals surface area contributed by atoms with Gasteiger partial charge in [0.15, 0.2) is 9.84 Å². The summed E-state index contributed by atoms with van der Waals surface area (Å²) in [6, 6.07) is 9.61. The van der Waals surface area contributed by atoms with Gasteiger partial charge < -0.3 is 20.1 Å². The van der Waals surface area contributed by atoms with Gasteiger partial charge in [0.1, 0.15) is 0 Å². The van der Waals surface area contributed by atoms with E-state index in [0.717, 1.165) is 5.56 Å². The smallest absolute Gasteiger partial charge is 0.462 e. The highest BCUT2D eigenvalue weighted by Crippen LogP contribution is 2.27. The topological polar surface area (TPSA) is 116 Å². The molecule has 0 bridgehead atoms. The normalized spacial score (nSPS) is 17.8. The Labute approximate surface area is 162 Å². The first-order valence-electron chi connectivity index (χ1n) is 8.75. The summed E-state index contributed by atoms with van der Waals surface area (Å²) in [6.07, 6.45) is 1.95. The van der Waals surface area contributed by atoms with Crippen LogP contribution in [-0.2, 0) is 36.4 Å². The van der Waals surface area contributed by atoms with Gasteiger partial charge in [0.2, 0.25) is 0 Å². The molecule has 4 rings (SSSR count). The molecule has 0 saturated carbocycles. The van der Waals surface area contributed by atoms with E-state index in [1.165, 1.54) is 24.3 Å². The molecule has 2 aliphatic rings. The Balaban J connectivity index is 1.70. The van der Waals surface area contributed by atoms with Crippen LogP contribution in [-0.4, -0.2) is 33.1 Å². The molecule has 0 aromatic heterocycles. The van der Waals surface area contributed by atoms with Crippen molar-refractivity contribution in [1.82, 2.24) is 0 Å². The monoisotopic (exact) mass is 399 g/mol. The van der Waals surface area contributed by atoms with Crippen molar-refractivity contribution in [3.63, 3.8) is 0 Å². The van der Waals surface area contributed by atoms with Crippen molar-refractivity contribution < 1.29 is 27.6 Å². The number of nitrogen functional groups attached to an aromatic ring is 1. The molecule has 0 radical (unpaired) electrons. The molecule has 2 aromatic carbocycles. The summed E-state index contributed by atoms with van der Waals surface area (Å²) in [5.41, 5.74) is 8.97. The second-order valence-electron chi connectivity index (χ2n) is 6.81. The molecule has 1 fully saturated rings. The zero-order valence-corrected chi connectivity index (χ0v) is 15.7. The molecule has 1 saturated heterocycles. The number of hydrogen-bond donors (Lipinski definition) is 2. The van der Waals surface area contributed by atoms with Crippen LogP contribution in [0.2, 0.25) is 0 Å². The Morgan fingerprint density at radius 3 is 2.79 bits per heavy atom. The predicted molar refractivity (Wildman–Crippen MR) is 104 cm³/mol. The number of ether oxygens (including phenoxy) is 1. The van der Waals surface area contributed by atoms with Crippen molar-refractivity contribution in [1.29, 1.82) is 0 Å². The second-order valence-corrected chi connectivity index (χ2v) is 8.77. The van der Waals surface area contributed by atoms with Crippen molar-refractivity contribution >= 4 is 40.2 Å². The lowest BCUT2D eigenvalue weighted by molar-refractivity contribution is -0.134. The lowest BCUT2D eigenvalue weighted by Gasteiger charge is -2.11. The van der Waals surface area contributed by atoms with E-state index in [0.29, 0.717) is 40.9 Å². The van der Waals surface area contributed by atoms with Crippen molar-refractivity contribution in [3.8, 4) is 0 Å². The number of hydrogen-bond acceptors (Lipinski definition) is 7. The number of anilines is 1. The fourth-order valence-electron chi connectivity index (χ4n) is 3.38. The van der Waals surface area contributed by atoms with E-state index >= 15 is 0 Å². The molecule has 0 atom stereocenters. The summed E-state index contributed by atoms with van der Waals surface area (Å²) in [7, 11) is -4.77. The summed E-state index contributed by atoms with van der Waals surface area (Å²) >= 11 is 0. The second kappa shape index (κ2) is 7.08. The molecule has 3 N–H and O–H groups in total. The van der Waals surface area contributed by atoms with E-state index in [2.05, 4.69) is 0 Å². The van der Waals surface area contributed by atoms with Crippen LogP contribution in [0.1, 0.15) is 23.1 Å². The Kier molecular flexibility index (Phi) is 4.74. The number of fused-ring (bicyclic) bond motifs is 1. The number of cyclic esters (lactones) is 1. The largest absolute Gasteiger partial charge is 0.491 e. The maximum Gasteiger partial charge on any atom is 0.491 e. The molecule has 144 valence electrons. The molecular weight excluding hydrogens is 381 g/mol. The summed E-state index contributed by atoms with van der Waals surface area (Å²) in [6.45, 7) is 0.587. The number of esters is 1. The van der Waals surface area contributed by atoms with E-state index < -0.39 is 22.9 Å². The van der Waals surface area contributed by atoms with Gasteiger partial charge in [-0.1, -0.05) is 18.2 Å². The quantitative estimate of drug-likeness (QED) is 0.338. The van der Waals surface area contributed by atoms with Crippen molar-refractivity contribution in [2.45, 2.75) is 23.7 Å². The Morgan fingerprint density at radius 2 is 2.04 bits per heavy atom. The third kappa shape index (κ3) is 3.56. The van der Waals surface area contributed by atoms with Crippen molar-refractivity contribution in [2.24, 2.45) is 0 Å². The molecule has 28 heavy (non-hydrogen) atoms. The third-order valence-corrected chi connectivity index (χ3v) is 6.55. The van der Waals surface area contributed by atoms with Gasteiger partial charge in [-0.05, 0) is 46.4 Å². The number of nitrogens with two attached hydrogens (primary N) is 1. The van der Waals surface area contributed by atoms with Crippen molar-refractivity contribution in [3.05, 3.63) is 58.7 Å². The highest BCUT2D eigenvalue weighted by Gasteiger charge is 2.28. The zero-order chi connectivity index (χ0) is 19.9. The molecule has 0 amide bonds. The van der Waals surface area contributed by atoms with Crippen LogP contribution >= 0.6 is 0 Å². The Morgan fingerprint density at radius 1 is 1.21 bits per heavy atom. The van der Waals surface area contributed by atoms with E-state index in [-0.39, 0.29) is 17.3 Å². The van der Waals surface area contributed by atoms with Gasteiger partial charge in [0, 0.05) is 17.7 Å². The number of rotatable bonds is 4. The van der Waals surface area contributed by atoms with Crippen LogP contribution in [0.3, 0.4) is 0 Å². The first kappa shape index (κ1) is 18.7. The van der Waals surface area contributed by atoms with Crippen LogP contribution in [0.25, 0.3) is 6.08 Å². The van der Waals surface area contributed by atoms with Crippen LogP contribution in [0.4, 0.5) is 5.69 Å². The SMILES string of the molecule is Nc1ccc(S(=O)(=O)Cc2ccc3c(c2)B(O)OC3)c(/C=C2/CCOC2=O)c1. The maximum atomic E-state index is 13.1. The molecule has 0 aliphatic carbocycles. The molecule has 2 heterocycles. The van der Waals surface area contributed by atoms with Gasteiger partial charge >= 0.3 is 13.1 Å². The lowest BCUT2D eigenvalue weighted by atomic mass is 9.79. The molecule has 7 nitrogen and oxygen atoms in total. The number of sulfone groups is 1. The Hall–Kier alpha value is -2.62. The minimum Gasteiger partial charge on any atom is -0.462 e. The maximum absolute atomic E-state index is 13.1. The Bertz CT molecular complexity index is 1100. The highest BCUT2D eigenvalue weighted by molar-refractivity contribution is 7.90. The summed E-state index contributed by atoms with van der Waals surface area (Å²) in [4.78, 5) is 11.8. The average molecular weight is 399 g/mol. The van der Waals surface area contributed by atoms with E-state index in [4.69, 9.17) is 15.1 Å². The number of carbonyl (C=O) groups is 1. The van der Waals surface area contributed by atoms with Crippen molar-refractivity contribution in [2.75, 3.05) is 12.3 Å². The molecule has 2 aliphatic heterocycles. The van der Waals surface area contributed by atoms with E-state index in [1.807, 2.05) is 0 Å². The van der Waals surface area contributed by atoms with Gasteiger partial charge in [-0.25, -0.2) is 13.2 Å². The fraction of sp³-hybridized carbons (Fsp3) is 0.211. The predicted octanol–water partition coefficient (Wildman–Crippen LogP) is 0.791. The van der Waals surface area contributed by atoms with E-state index in [9.17, 15) is 18.2 Å². The van der Waals surface area contributed by atoms with Gasteiger partial charge in [0.25, 0.3) is 0 Å². The van der Waals surface area contributed by atoms with Crippen LogP contribution in [0.5, 0.6) is 0 Å². The molecule has 0 unspecified atom stereocenters. The first-order valence-corrected chi connectivity index (χ1v) is 10.4. The third-order valence-electron chi connectivity index (χ3n) is 4.80. The molecule has 0 spiro atoms. The standard InChI is InChI=1S/C19H18BNO6S/c21-16-3-4-18(15(9-16)8-13-5-6-26-19(13)22)28(24,25)11-12-1-2-14-10-27-20(23)17(14)7-12/h1-4,7-9,23H,5-6,10-11,21H2/b13-8-. The summed E-state index contributed by atoms with van der Waals surface area (Å²) in [5, 5.41) is 9.84. The van der Waals surface area contributed by atoms with E-state index in [1.54, 1.807) is 18.2 Å². The fourth-order valence-corrected chi connectivity index (χ4v) is 4.91. The number of benzene rings is 2. The average Bonchev–Trinajstić information content (AvgIpc) is 3.21. The minimum absolute atomic E-state index is 0.0891. The first-order chi connectivity index (χ1) is 13.3. The van der Waals surface area contributed by atoms with Gasteiger partial charge in [-0.15, -0.1) is 0 Å². The van der Waals surface area contributed by atoms with Crippen LogP contribution in [0.15, 0.2) is 46.9 Å². The summed E-state index contributed by atoms with van der Waals surface area (Å²) in [5.74, 6) is -0.698. The number of carbonyl (C=O) groups excluding carboxylic acids is 1. The molecule has 2 aromatic rings. The minimum atomic E-state index is -3.73. The van der Waals surface area contributed by atoms with Gasteiger partial charge in [0.05, 0.1) is 23.9 Å². The lowest BCUT2D eigenvalue weighted by Crippen LogP contribution is -2.28. The zero-order valence-electron chi connectivity index (χ0n) is 14.9. The van der Waals surface area contributed by atoms with Gasteiger partial charge in [-0.3, -0.25) is 0 Å². The molecular formula is C19H18BNO6S. The van der Waals surface area contributed by atoms with Crippen LogP contribution in [0, 0.1) is 0 Å². The molecule has 9 heteroatoms. The highest BCUT2D eigenvalue weighted by atomic mass is 32.2. The van der Waals surface area contributed by atoms with Gasteiger partial charge in [-0.2, -0.15) is 0 Å². The van der Waals surface area contributed by atoms with Crippen LogP contribution < -0.4 is 11.2 Å². The summed E-state index contributed by atoms with van der Waals surface area (Å²) < 4.78 is 36.3.